The van der Waals surface area contributed by atoms with Crippen LogP contribution in [0.15, 0.2) is 47.8 Å². The second-order valence-electron chi connectivity index (χ2n) is 8.11. The molecule has 1 amide bonds. The SMILES string of the molecule is Cc1ccc(NC(=O)c2nc(-c3cccs3)cc3c2nc(C)n3C2CCS(=O)(=O)C2)cc1. The summed E-state index contributed by atoms with van der Waals surface area (Å²) in [5, 5.41) is 4.88. The van der Waals surface area contributed by atoms with Gasteiger partial charge in [0, 0.05) is 5.69 Å². The number of hydrogen-bond donors (Lipinski definition) is 1. The van der Waals surface area contributed by atoms with Gasteiger partial charge in [-0.25, -0.2) is 18.4 Å². The highest BCUT2D eigenvalue weighted by Crippen LogP contribution is 2.33. The van der Waals surface area contributed by atoms with Crippen molar-refractivity contribution in [3.05, 3.63) is 64.9 Å². The van der Waals surface area contributed by atoms with Crippen molar-refractivity contribution in [2.24, 2.45) is 0 Å². The summed E-state index contributed by atoms with van der Waals surface area (Å²) < 4.78 is 26.2. The van der Waals surface area contributed by atoms with Crippen LogP contribution in [-0.2, 0) is 9.84 Å². The number of nitrogens with one attached hydrogen (secondary N) is 1. The minimum Gasteiger partial charge on any atom is -0.324 e. The minimum absolute atomic E-state index is 0.0842. The van der Waals surface area contributed by atoms with Gasteiger partial charge in [0.05, 0.1) is 33.6 Å². The average Bonchev–Trinajstić information content (AvgIpc) is 3.47. The number of imidazole rings is 1. The van der Waals surface area contributed by atoms with Crippen LogP contribution in [0.1, 0.15) is 34.3 Å². The Kier molecular flexibility index (Phi) is 5.10. The quantitative estimate of drug-likeness (QED) is 0.481. The molecule has 1 N–H and O–H groups in total. The standard InChI is InChI=1S/C23H22N4O3S2/c1-14-5-7-16(8-6-14)25-23(28)22-21-19(12-18(26-22)20-4-3-10-31-20)27(15(2)24-21)17-9-11-32(29,30)13-17/h3-8,10,12,17H,9,11,13H2,1-2H3,(H,25,28). The van der Waals surface area contributed by atoms with Crippen LogP contribution < -0.4 is 5.32 Å². The van der Waals surface area contributed by atoms with Gasteiger partial charge in [0.25, 0.3) is 5.91 Å². The molecular formula is C23H22N4O3S2. The molecule has 9 heteroatoms. The lowest BCUT2D eigenvalue weighted by Gasteiger charge is -2.14. The number of thiophene rings is 1. The van der Waals surface area contributed by atoms with E-state index in [0.29, 0.717) is 29.1 Å². The molecular weight excluding hydrogens is 444 g/mol. The van der Waals surface area contributed by atoms with Gasteiger partial charge < -0.3 is 9.88 Å². The predicted octanol–water partition coefficient (Wildman–Crippen LogP) is 4.39. The molecule has 1 aromatic carbocycles. The molecule has 0 spiro atoms. The number of nitrogens with zero attached hydrogens (tertiary/aromatic N) is 3. The van der Waals surface area contributed by atoms with Crippen molar-refractivity contribution < 1.29 is 13.2 Å². The van der Waals surface area contributed by atoms with E-state index in [1.807, 2.05) is 66.3 Å². The van der Waals surface area contributed by atoms with Crippen LogP contribution in [0.2, 0.25) is 0 Å². The molecule has 164 valence electrons. The number of aryl methyl sites for hydroxylation is 2. The molecule has 7 nitrogen and oxygen atoms in total. The Labute approximate surface area is 190 Å². The highest BCUT2D eigenvalue weighted by Gasteiger charge is 2.32. The fourth-order valence-corrected chi connectivity index (χ4v) is 6.57. The lowest BCUT2D eigenvalue weighted by atomic mass is 10.2. The zero-order chi connectivity index (χ0) is 22.5. The molecule has 0 aliphatic carbocycles. The number of anilines is 1. The van der Waals surface area contributed by atoms with E-state index in [1.165, 1.54) is 11.3 Å². The zero-order valence-corrected chi connectivity index (χ0v) is 19.3. The Morgan fingerprint density at radius 1 is 1.16 bits per heavy atom. The summed E-state index contributed by atoms with van der Waals surface area (Å²) in [6.07, 6.45) is 0.538. The summed E-state index contributed by atoms with van der Waals surface area (Å²) in [6, 6.07) is 13.2. The number of amides is 1. The minimum atomic E-state index is -3.07. The number of benzene rings is 1. The molecule has 1 unspecified atom stereocenters. The largest absolute Gasteiger partial charge is 0.324 e. The number of carbonyl (C=O) groups excluding carboxylic acids is 1. The van der Waals surface area contributed by atoms with Gasteiger partial charge in [-0.15, -0.1) is 11.3 Å². The van der Waals surface area contributed by atoms with Crippen LogP contribution >= 0.6 is 11.3 Å². The number of carbonyl (C=O) groups is 1. The van der Waals surface area contributed by atoms with Crippen molar-refractivity contribution in [2.75, 3.05) is 16.8 Å². The molecule has 5 rings (SSSR count). The Hall–Kier alpha value is -3.04. The molecule has 0 saturated carbocycles. The smallest absolute Gasteiger partial charge is 0.276 e. The summed E-state index contributed by atoms with van der Waals surface area (Å²) in [4.78, 5) is 23.5. The Morgan fingerprint density at radius 2 is 1.94 bits per heavy atom. The predicted molar refractivity (Wildman–Crippen MR) is 127 cm³/mol. The highest BCUT2D eigenvalue weighted by atomic mass is 32.2. The summed E-state index contributed by atoms with van der Waals surface area (Å²) in [7, 11) is -3.07. The van der Waals surface area contributed by atoms with Crippen LogP contribution in [-0.4, -0.2) is 40.4 Å². The third-order valence-corrected chi connectivity index (χ3v) is 8.37. The van der Waals surface area contributed by atoms with Crippen LogP contribution in [0.4, 0.5) is 5.69 Å². The second-order valence-corrected chi connectivity index (χ2v) is 11.3. The zero-order valence-electron chi connectivity index (χ0n) is 17.7. The van der Waals surface area contributed by atoms with Crippen molar-refractivity contribution in [1.82, 2.24) is 14.5 Å². The molecule has 4 heterocycles. The highest BCUT2D eigenvalue weighted by molar-refractivity contribution is 7.91. The number of aromatic nitrogens is 3. The third kappa shape index (κ3) is 3.82. The van der Waals surface area contributed by atoms with E-state index in [9.17, 15) is 13.2 Å². The number of rotatable bonds is 4. The van der Waals surface area contributed by atoms with Gasteiger partial charge >= 0.3 is 0 Å². The monoisotopic (exact) mass is 466 g/mol. The Morgan fingerprint density at radius 3 is 2.59 bits per heavy atom. The number of pyridine rings is 1. The first kappa shape index (κ1) is 20.8. The van der Waals surface area contributed by atoms with Crippen molar-refractivity contribution >= 4 is 43.8 Å². The van der Waals surface area contributed by atoms with Crippen LogP contribution in [0.25, 0.3) is 21.6 Å². The lowest BCUT2D eigenvalue weighted by Crippen LogP contribution is -2.15. The van der Waals surface area contributed by atoms with Gasteiger partial charge in [0.2, 0.25) is 0 Å². The van der Waals surface area contributed by atoms with Crippen molar-refractivity contribution in [2.45, 2.75) is 26.3 Å². The van der Waals surface area contributed by atoms with Gasteiger partial charge in [-0.1, -0.05) is 23.8 Å². The fraction of sp³-hybridized carbons (Fsp3) is 0.261. The van der Waals surface area contributed by atoms with Crippen molar-refractivity contribution in [3.63, 3.8) is 0 Å². The first-order chi connectivity index (χ1) is 15.3. The number of fused-ring (bicyclic) bond motifs is 1. The molecule has 0 radical (unpaired) electrons. The van der Waals surface area contributed by atoms with E-state index in [0.717, 1.165) is 16.0 Å². The number of sulfone groups is 1. The lowest BCUT2D eigenvalue weighted by molar-refractivity contribution is 0.102. The second kappa shape index (κ2) is 7.83. The molecule has 1 atom stereocenters. The van der Waals surface area contributed by atoms with E-state index >= 15 is 0 Å². The molecule has 1 fully saturated rings. The third-order valence-electron chi connectivity index (χ3n) is 5.73. The van der Waals surface area contributed by atoms with Gasteiger partial charge in [0.1, 0.15) is 11.3 Å². The van der Waals surface area contributed by atoms with E-state index in [4.69, 9.17) is 0 Å². The maximum absolute atomic E-state index is 13.3. The van der Waals surface area contributed by atoms with Gasteiger partial charge in [-0.2, -0.15) is 0 Å². The molecule has 32 heavy (non-hydrogen) atoms. The van der Waals surface area contributed by atoms with Crippen LogP contribution in [0.5, 0.6) is 0 Å². The molecule has 1 saturated heterocycles. The first-order valence-electron chi connectivity index (χ1n) is 10.3. The van der Waals surface area contributed by atoms with Gasteiger partial charge in [0.15, 0.2) is 15.5 Å². The average molecular weight is 467 g/mol. The van der Waals surface area contributed by atoms with E-state index < -0.39 is 9.84 Å². The molecule has 4 aromatic rings. The Balaban J connectivity index is 1.65. The molecule has 3 aromatic heterocycles. The molecule has 1 aliphatic heterocycles. The number of hydrogen-bond acceptors (Lipinski definition) is 6. The Bertz CT molecular complexity index is 1420. The summed E-state index contributed by atoms with van der Waals surface area (Å²) in [6.45, 7) is 3.83. The first-order valence-corrected chi connectivity index (χ1v) is 13.0. The molecule has 1 aliphatic rings. The van der Waals surface area contributed by atoms with E-state index in [1.54, 1.807) is 0 Å². The summed E-state index contributed by atoms with van der Waals surface area (Å²) in [5.41, 5.74) is 3.89. The molecule has 0 bridgehead atoms. The fourth-order valence-electron chi connectivity index (χ4n) is 4.18. The van der Waals surface area contributed by atoms with Gasteiger partial charge in [-0.05, 0) is 49.9 Å². The normalized spacial score (nSPS) is 17.6. The van der Waals surface area contributed by atoms with Crippen LogP contribution in [0, 0.1) is 13.8 Å². The topological polar surface area (TPSA) is 93.9 Å². The maximum atomic E-state index is 13.3. The van der Waals surface area contributed by atoms with Crippen LogP contribution in [0.3, 0.4) is 0 Å². The van der Waals surface area contributed by atoms with E-state index in [-0.39, 0.29) is 29.1 Å². The summed E-state index contributed by atoms with van der Waals surface area (Å²) >= 11 is 1.54. The van der Waals surface area contributed by atoms with Crippen molar-refractivity contribution in [1.29, 1.82) is 0 Å². The van der Waals surface area contributed by atoms with E-state index in [2.05, 4.69) is 15.3 Å². The maximum Gasteiger partial charge on any atom is 0.276 e. The van der Waals surface area contributed by atoms with Gasteiger partial charge in [-0.3, -0.25) is 4.79 Å². The van der Waals surface area contributed by atoms with Crippen molar-refractivity contribution in [3.8, 4) is 10.6 Å². The summed E-state index contributed by atoms with van der Waals surface area (Å²) in [5.74, 6) is 0.582.